The monoisotopic (exact) mass is 175 g/mol. The summed E-state index contributed by atoms with van der Waals surface area (Å²) in [6, 6.07) is 6.23. The van der Waals surface area contributed by atoms with E-state index in [1.54, 1.807) is 6.07 Å². The zero-order valence-corrected chi connectivity index (χ0v) is 9.10. The Labute approximate surface area is 81.0 Å². The summed E-state index contributed by atoms with van der Waals surface area (Å²) in [5.41, 5.74) is 5.57. The quantitative estimate of drug-likeness (QED) is 0.592. The number of aryl methyl sites for hydroxylation is 4. The summed E-state index contributed by atoms with van der Waals surface area (Å²) in [5.74, 6) is 0. The molecule has 0 N–H and O–H groups in total. The number of nitrogens with zero attached hydrogens (tertiary/aromatic N) is 1. The van der Waals surface area contributed by atoms with Crippen LogP contribution in [-0.2, 0) is 0 Å². The topological polar surface area (TPSA) is 23.8 Å². The summed E-state index contributed by atoms with van der Waals surface area (Å²) in [6.07, 6.45) is 0. The van der Waals surface area contributed by atoms with Gasteiger partial charge in [0.15, 0.2) is 0 Å². The highest BCUT2D eigenvalue weighted by atomic mass is 14.2. The summed E-state index contributed by atoms with van der Waals surface area (Å²) >= 11 is 0. The minimum Gasteiger partial charge on any atom is -0.199 e. The van der Waals surface area contributed by atoms with Gasteiger partial charge in [0.2, 0.25) is 0 Å². The first-order valence-electron chi connectivity index (χ1n) is 4.38. The Morgan fingerprint density at radius 3 is 1.15 bits per heavy atom. The van der Waals surface area contributed by atoms with Crippen LogP contribution in [0.15, 0.2) is 12.1 Å². The first-order valence-corrected chi connectivity index (χ1v) is 4.38. The molecule has 0 aliphatic rings. The second-order valence-electron chi connectivity index (χ2n) is 3.24. The number of rotatable bonds is 0. The van der Waals surface area contributed by atoms with Gasteiger partial charge >= 0.3 is 0 Å². The van der Waals surface area contributed by atoms with E-state index in [0.29, 0.717) is 0 Å². The van der Waals surface area contributed by atoms with Gasteiger partial charge in [0.05, 0.1) is 6.07 Å². The lowest BCUT2D eigenvalue weighted by molar-refractivity contribution is 1.24. The van der Waals surface area contributed by atoms with E-state index in [0.717, 1.165) is 0 Å². The third-order valence-electron chi connectivity index (χ3n) is 2.11. The van der Waals surface area contributed by atoms with E-state index >= 15 is 0 Å². The Morgan fingerprint density at radius 2 is 1.00 bits per heavy atom. The van der Waals surface area contributed by atoms with Gasteiger partial charge in [-0.05, 0) is 49.9 Å². The van der Waals surface area contributed by atoms with E-state index in [9.17, 15) is 0 Å². The molecule has 70 valence electrons. The van der Waals surface area contributed by atoms with Crippen molar-refractivity contribution in [1.29, 1.82) is 5.26 Å². The van der Waals surface area contributed by atoms with Gasteiger partial charge in [-0.2, -0.15) is 5.26 Å². The molecule has 1 rings (SSSR count). The lowest BCUT2D eigenvalue weighted by Gasteiger charge is -2.04. The molecule has 0 aliphatic heterocycles. The molecule has 0 atom stereocenters. The third kappa shape index (κ3) is 3.75. The molecular weight excluding hydrogens is 158 g/mol. The fourth-order valence-electron chi connectivity index (χ4n) is 1.10. The van der Waals surface area contributed by atoms with Gasteiger partial charge in [-0.1, -0.05) is 12.1 Å². The van der Waals surface area contributed by atoms with E-state index in [1.165, 1.54) is 29.2 Å². The van der Waals surface area contributed by atoms with Crippen LogP contribution in [0.25, 0.3) is 0 Å². The van der Waals surface area contributed by atoms with Gasteiger partial charge < -0.3 is 0 Å². The third-order valence-corrected chi connectivity index (χ3v) is 2.11. The standard InChI is InChI=1S/C10H14.C2H3N/c1-7-5-9(3)10(4)6-8(7)2;1-2-3/h5-6H,1-4H3;1H3. The highest BCUT2D eigenvalue weighted by Crippen LogP contribution is 2.13. The summed E-state index contributed by atoms with van der Waals surface area (Å²) in [7, 11) is 0. The fourth-order valence-corrected chi connectivity index (χ4v) is 1.10. The number of hydrogen-bond acceptors (Lipinski definition) is 1. The van der Waals surface area contributed by atoms with Crippen LogP contribution in [0.3, 0.4) is 0 Å². The van der Waals surface area contributed by atoms with Crippen LogP contribution in [0.2, 0.25) is 0 Å². The van der Waals surface area contributed by atoms with Crippen molar-refractivity contribution >= 4 is 0 Å². The number of benzene rings is 1. The molecule has 1 aromatic rings. The first kappa shape index (κ1) is 11.7. The summed E-state index contributed by atoms with van der Waals surface area (Å²) in [6.45, 7) is 10.0. The maximum Gasteiger partial charge on any atom is 0.0587 e. The van der Waals surface area contributed by atoms with Gasteiger partial charge in [0.25, 0.3) is 0 Å². The number of nitriles is 1. The summed E-state index contributed by atoms with van der Waals surface area (Å²) in [5, 5.41) is 7.32. The Balaban J connectivity index is 0.000000424. The molecule has 1 heteroatoms. The lowest BCUT2D eigenvalue weighted by atomic mass is 10.0. The second-order valence-corrected chi connectivity index (χ2v) is 3.24. The van der Waals surface area contributed by atoms with Gasteiger partial charge in [0, 0.05) is 6.92 Å². The smallest absolute Gasteiger partial charge is 0.0587 e. The molecule has 0 amide bonds. The average molecular weight is 175 g/mol. The largest absolute Gasteiger partial charge is 0.199 e. The van der Waals surface area contributed by atoms with Gasteiger partial charge in [-0.15, -0.1) is 0 Å². The Hall–Kier alpha value is -1.29. The van der Waals surface area contributed by atoms with Crippen molar-refractivity contribution in [3.8, 4) is 6.07 Å². The molecule has 0 radical (unpaired) electrons. The zero-order valence-electron chi connectivity index (χ0n) is 9.10. The molecule has 0 bridgehead atoms. The molecule has 0 aromatic heterocycles. The van der Waals surface area contributed by atoms with E-state index in [-0.39, 0.29) is 0 Å². The van der Waals surface area contributed by atoms with Crippen LogP contribution in [-0.4, -0.2) is 0 Å². The van der Waals surface area contributed by atoms with Crippen LogP contribution in [0.1, 0.15) is 29.2 Å². The highest BCUT2D eigenvalue weighted by Gasteiger charge is 1.95. The lowest BCUT2D eigenvalue weighted by Crippen LogP contribution is -1.86. The predicted molar refractivity (Wildman–Crippen MR) is 56.7 cm³/mol. The second kappa shape index (κ2) is 5.37. The fraction of sp³-hybridized carbons (Fsp3) is 0.417. The molecule has 0 spiro atoms. The van der Waals surface area contributed by atoms with Crippen molar-refractivity contribution < 1.29 is 0 Å². The summed E-state index contributed by atoms with van der Waals surface area (Å²) < 4.78 is 0. The SMILES string of the molecule is CC#N.Cc1cc(C)c(C)cc1C. The van der Waals surface area contributed by atoms with Crippen LogP contribution < -0.4 is 0 Å². The van der Waals surface area contributed by atoms with Crippen molar-refractivity contribution in [3.05, 3.63) is 34.4 Å². The minimum absolute atomic E-state index is 1.39. The molecule has 13 heavy (non-hydrogen) atoms. The highest BCUT2D eigenvalue weighted by molar-refractivity contribution is 5.35. The molecule has 0 saturated heterocycles. The molecule has 1 nitrogen and oxygen atoms in total. The maximum absolute atomic E-state index is 7.32. The molecule has 0 saturated carbocycles. The van der Waals surface area contributed by atoms with Crippen LogP contribution in [0.4, 0.5) is 0 Å². The van der Waals surface area contributed by atoms with E-state index in [1.807, 2.05) is 0 Å². The van der Waals surface area contributed by atoms with Crippen LogP contribution >= 0.6 is 0 Å². The first-order chi connectivity index (χ1) is 6.02. The Kier molecular flexibility index (Phi) is 4.84. The summed E-state index contributed by atoms with van der Waals surface area (Å²) in [4.78, 5) is 0. The molecule has 0 aliphatic carbocycles. The van der Waals surface area contributed by atoms with Crippen molar-refractivity contribution in [1.82, 2.24) is 0 Å². The van der Waals surface area contributed by atoms with E-state index in [4.69, 9.17) is 5.26 Å². The molecular formula is C12H17N. The molecule has 0 unspecified atom stereocenters. The van der Waals surface area contributed by atoms with Crippen molar-refractivity contribution in [2.45, 2.75) is 34.6 Å². The average Bonchev–Trinajstić information content (AvgIpc) is 2.03. The van der Waals surface area contributed by atoms with Gasteiger partial charge in [0.1, 0.15) is 0 Å². The van der Waals surface area contributed by atoms with Gasteiger partial charge in [-0.25, -0.2) is 0 Å². The molecule has 0 heterocycles. The normalized spacial score (nSPS) is 8.31. The molecule has 0 fully saturated rings. The maximum atomic E-state index is 7.32. The van der Waals surface area contributed by atoms with Crippen molar-refractivity contribution in [2.75, 3.05) is 0 Å². The Bertz CT molecular complexity index is 268. The van der Waals surface area contributed by atoms with Gasteiger partial charge in [-0.3, -0.25) is 0 Å². The van der Waals surface area contributed by atoms with Crippen molar-refractivity contribution in [2.24, 2.45) is 0 Å². The zero-order chi connectivity index (χ0) is 10.4. The van der Waals surface area contributed by atoms with E-state index in [2.05, 4.69) is 39.8 Å². The predicted octanol–water partition coefficient (Wildman–Crippen LogP) is 3.45. The van der Waals surface area contributed by atoms with Crippen LogP contribution in [0.5, 0.6) is 0 Å². The van der Waals surface area contributed by atoms with E-state index < -0.39 is 0 Å². The number of hydrogen-bond donors (Lipinski definition) is 0. The van der Waals surface area contributed by atoms with Crippen molar-refractivity contribution in [3.63, 3.8) is 0 Å². The van der Waals surface area contributed by atoms with Crippen LogP contribution in [0, 0.1) is 39.0 Å². The minimum atomic E-state index is 1.39. The molecule has 1 aromatic carbocycles. The Morgan fingerprint density at radius 1 is 0.846 bits per heavy atom.